The maximum Gasteiger partial charge on any atom is 0.344 e. The van der Waals surface area contributed by atoms with Crippen molar-refractivity contribution >= 4 is 34.8 Å². The lowest BCUT2D eigenvalue weighted by Gasteiger charge is -2.11. The van der Waals surface area contributed by atoms with E-state index in [4.69, 9.17) is 32.8 Å². The summed E-state index contributed by atoms with van der Waals surface area (Å²) < 4.78 is 38.0. The molecule has 288 valence electrons. The van der Waals surface area contributed by atoms with Crippen molar-refractivity contribution in [1.82, 2.24) is 0 Å². The minimum absolute atomic E-state index is 0.198. The van der Waals surface area contributed by atoms with E-state index in [1.807, 2.05) is 0 Å². The highest BCUT2D eigenvalue weighted by molar-refractivity contribution is 5.93. The summed E-state index contributed by atoms with van der Waals surface area (Å²) in [5.74, 6) is -0.443. The molecule has 56 heavy (non-hydrogen) atoms. The molecule has 5 aromatic rings. The first-order valence-electron chi connectivity index (χ1n) is 17.8. The summed E-state index contributed by atoms with van der Waals surface area (Å²) in [5, 5.41) is 0.650. The Morgan fingerprint density at radius 2 is 1.04 bits per heavy atom. The predicted octanol–water partition coefficient (Wildman–Crippen LogP) is 7.98. The zero-order valence-electron chi connectivity index (χ0n) is 30.8. The molecule has 0 unspecified atom stereocenters. The van der Waals surface area contributed by atoms with Gasteiger partial charge in [0.25, 0.3) is 0 Å². The van der Waals surface area contributed by atoms with Gasteiger partial charge in [0, 0.05) is 23.6 Å². The van der Waals surface area contributed by atoms with Gasteiger partial charge in [0.15, 0.2) is 0 Å². The van der Waals surface area contributed by atoms with Crippen LogP contribution in [0.25, 0.3) is 22.1 Å². The van der Waals surface area contributed by atoms with Gasteiger partial charge in [-0.3, -0.25) is 0 Å². The Morgan fingerprint density at radius 3 is 1.54 bits per heavy atom. The molecule has 0 N–H and O–H groups in total. The number of fused-ring (bicyclic) bond motifs is 1. The number of aryl methyl sites for hydroxylation is 1. The molecule has 0 radical (unpaired) electrons. The molecule has 5 rings (SSSR count). The van der Waals surface area contributed by atoms with E-state index in [1.54, 1.807) is 91.9 Å². The van der Waals surface area contributed by atoms with Gasteiger partial charge < -0.3 is 32.8 Å². The van der Waals surface area contributed by atoms with Crippen LogP contribution in [0.15, 0.2) is 126 Å². The van der Waals surface area contributed by atoms with E-state index >= 15 is 0 Å². The Kier molecular flexibility index (Phi) is 14.3. The molecule has 0 saturated heterocycles. The van der Waals surface area contributed by atoms with E-state index in [0.29, 0.717) is 83.6 Å². The number of unbranched alkanes of at least 4 members (excludes halogenated alkanes) is 2. The molecule has 1 aromatic heterocycles. The molecule has 0 spiro atoms. The Morgan fingerprint density at radius 1 is 0.589 bits per heavy atom. The minimum atomic E-state index is -0.601. The van der Waals surface area contributed by atoms with Crippen molar-refractivity contribution in [2.75, 3.05) is 26.4 Å². The molecule has 0 bridgehead atoms. The Labute approximate surface area is 322 Å². The predicted molar refractivity (Wildman–Crippen MR) is 207 cm³/mol. The molecule has 1 heterocycles. The summed E-state index contributed by atoms with van der Waals surface area (Å²) in [5.41, 5.74) is 1.85. The van der Waals surface area contributed by atoms with Crippen LogP contribution in [0.3, 0.4) is 0 Å². The monoisotopic (exact) mass is 760 g/mol. The lowest BCUT2D eigenvalue weighted by molar-refractivity contribution is -0.138. The van der Waals surface area contributed by atoms with Crippen molar-refractivity contribution in [1.29, 1.82) is 0 Å². The van der Waals surface area contributed by atoms with Gasteiger partial charge in [0.2, 0.25) is 0 Å². The molecule has 0 saturated carbocycles. The molecule has 0 aliphatic rings. The number of hydrogen-bond donors (Lipinski definition) is 0. The van der Waals surface area contributed by atoms with Gasteiger partial charge in [-0.2, -0.15) is 0 Å². The van der Waals surface area contributed by atoms with Gasteiger partial charge in [-0.25, -0.2) is 24.0 Å². The molecule has 0 atom stereocenters. The van der Waals surface area contributed by atoms with Crippen molar-refractivity contribution in [3.8, 4) is 34.1 Å². The van der Waals surface area contributed by atoms with Gasteiger partial charge in [-0.15, -0.1) is 0 Å². The number of rotatable bonds is 19. The van der Waals surface area contributed by atoms with Crippen molar-refractivity contribution in [2.24, 2.45) is 0 Å². The van der Waals surface area contributed by atoms with E-state index in [1.165, 1.54) is 6.07 Å². The highest BCUT2D eigenvalue weighted by atomic mass is 16.5. The molecular formula is C44H40O12. The first-order valence-corrected chi connectivity index (χ1v) is 17.8. The van der Waals surface area contributed by atoms with Crippen LogP contribution in [0.4, 0.5) is 0 Å². The lowest BCUT2D eigenvalue weighted by atomic mass is 9.99. The summed E-state index contributed by atoms with van der Waals surface area (Å²) >= 11 is 0. The lowest BCUT2D eigenvalue weighted by Crippen LogP contribution is -2.10. The number of esters is 4. The van der Waals surface area contributed by atoms with Gasteiger partial charge in [0.05, 0.1) is 43.1 Å². The van der Waals surface area contributed by atoms with Crippen molar-refractivity contribution in [3.05, 3.63) is 143 Å². The molecule has 0 aliphatic heterocycles. The van der Waals surface area contributed by atoms with Crippen LogP contribution in [0.5, 0.6) is 23.0 Å². The van der Waals surface area contributed by atoms with Crippen LogP contribution in [0.2, 0.25) is 0 Å². The highest BCUT2D eigenvalue weighted by Crippen LogP contribution is 2.30. The maximum atomic E-state index is 13.2. The smallest absolute Gasteiger partial charge is 0.344 e. The summed E-state index contributed by atoms with van der Waals surface area (Å²) in [7, 11) is 0. The quantitative estimate of drug-likeness (QED) is 0.0264. The number of ether oxygens (including phenoxy) is 6. The van der Waals surface area contributed by atoms with Crippen molar-refractivity contribution < 1.29 is 52.0 Å². The third kappa shape index (κ3) is 11.3. The van der Waals surface area contributed by atoms with Crippen molar-refractivity contribution in [2.45, 2.75) is 32.6 Å². The zero-order chi connectivity index (χ0) is 39.9. The molecule has 0 aliphatic carbocycles. The number of benzene rings is 4. The SMILES string of the molecule is C=CC(=O)OCCCCOc1ccc(C(=O)Oc2ccc(-c3c(C)c4ccc(OC(=O)c5ccc(OCCCCOC(=O)C=C)cc5)cc4oc3=O)cc2)cc1. The molecule has 12 heteroatoms. The average molecular weight is 761 g/mol. The molecule has 0 amide bonds. The Balaban J connectivity index is 1.13. The van der Waals surface area contributed by atoms with Crippen molar-refractivity contribution in [3.63, 3.8) is 0 Å². The largest absolute Gasteiger partial charge is 0.494 e. The minimum Gasteiger partial charge on any atom is -0.494 e. The number of carbonyl (C=O) groups is 4. The number of carbonyl (C=O) groups excluding carboxylic acids is 4. The number of hydrogen-bond acceptors (Lipinski definition) is 12. The fraction of sp³-hybridized carbons (Fsp3) is 0.205. The van der Waals surface area contributed by atoms with Crippen LogP contribution in [0, 0.1) is 6.92 Å². The second kappa shape index (κ2) is 19.9. The molecule has 12 nitrogen and oxygen atoms in total. The van der Waals surface area contributed by atoms with E-state index in [0.717, 1.165) is 12.2 Å². The van der Waals surface area contributed by atoms with Crippen LogP contribution in [0.1, 0.15) is 52.0 Å². The van der Waals surface area contributed by atoms with E-state index in [2.05, 4.69) is 13.2 Å². The van der Waals surface area contributed by atoms with Gasteiger partial charge >= 0.3 is 29.5 Å². The maximum absolute atomic E-state index is 13.2. The zero-order valence-corrected chi connectivity index (χ0v) is 30.8. The standard InChI is InChI=1S/C44H40O12/c1-4-39(45)52-26-8-6-24-50-33-16-12-31(13-17-33)42(47)54-35-20-10-30(11-21-35)41-29(3)37-23-22-36(28-38(37)56-44(41)49)55-43(48)32-14-18-34(19-15-32)51-25-7-9-27-53-40(46)5-2/h4-5,10-23,28H,1-2,6-9,24-27H2,3H3. The van der Waals surface area contributed by atoms with Crippen LogP contribution < -0.4 is 24.6 Å². The van der Waals surface area contributed by atoms with Crippen LogP contribution in [-0.4, -0.2) is 50.3 Å². The fourth-order valence-corrected chi connectivity index (χ4v) is 5.38. The Bertz CT molecular complexity index is 2230. The summed E-state index contributed by atoms with van der Waals surface area (Å²) in [6, 6.07) is 24.4. The summed E-state index contributed by atoms with van der Waals surface area (Å²) in [6.45, 7) is 9.90. The van der Waals surface area contributed by atoms with Gasteiger partial charge in [0.1, 0.15) is 28.6 Å². The average Bonchev–Trinajstić information content (AvgIpc) is 3.21. The van der Waals surface area contributed by atoms with Gasteiger partial charge in [-0.05, 0) is 117 Å². The molecule has 4 aromatic carbocycles. The Hall–Kier alpha value is -6.95. The second-order valence-electron chi connectivity index (χ2n) is 12.3. The van der Waals surface area contributed by atoms with Gasteiger partial charge in [-0.1, -0.05) is 25.3 Å². The normalized spacial score (nSPS) is 10.6. The van der Waals surface area contributed by atoms with Crippen LogP contribution in [-0.2, 0) is 19.1 Å². The first-order chi connectivity index (χ1) is 27.1. The van der Waals surface area contributed by atoms with Crippen LogP contribution >= 0.6 is 0 Å². The summed E-state index contributed by atoms with van der Waals surface area (Å²) in [4.78, 5) is 61.0. The third-order valence-corrected chi connectivity index (χ3v) is 8.32. The van der Waals surface area contributed by atoms with E-state index in [9.17, 15) is 24.0 Å². The van der Waals surface area contributed by atoms with E-state index < -0.39 is 29.5 Å². The fourth-order valence-electron chi connectivity index (χ4n) is 5.38. The topological polar surface area (TPSA) is 154 Å². The molecular weight excluding hydrogens is 720 g/mol. The highest BCUT2D eigenvalue weighted by Gasteiger charge is 2.17. The first kappa shape index (κ1) is 40.2. The summed E-state index contributed by atoms with van der Waals surface area (Å²) in [6.07, 6.45) is 4.88. The molecule has 0 fully saturated rings. The van der Waals surface area contributed by atoms with E-state index in [-0.39, 0.29) is 30.3 Å². The third-order valence-electron chi connectivity index (χ3n) is 8.32. The second-order valence-corrected chi connectivity index (χ2v) is 12.3.